The Kier molecular flexibility index (Phi) is 1.94. The molecule has 74 valence electrons. The first-order chi connectivity index (χ1) is 7.33. The van der Waals surface area contributed by atoms with Crippen LogP contribution >= 0.6 is 0 Å². The molecule has 2 aromatic carbocycles. The normalized spacial score (nSPS) is 12.1. The van der Waals surface area contributed by atoms with Crippen LogP contribution in [0.3, 0.4) is 0 Å². The SMILES string of the molecule is [SeH]c1ccc2c(c1)Oc1ccccc1N2. The predicted molar refractivity (Wildman–Crippen MR) is 63.0 cm³/mol. The van der Waals surface area contributed by atoms with Gasteiger partial charge in [-0.3, -0.25) is 0 Å². The van der Waals surface area contributed by atoms with E-state index in [0.29, 0.717) is 0 Å². The van der Waals surface area contributed by atoms with Gasteiger partial charge in [0, 0.05) is 0 Å². The third-order valence-corrected chi connectivity index (χ3v) is 2.93. The predicted octanol–water partition coefficient (Wildman–Crippen LogP) is 2.06. The van der Waals surface area contributed by atoms with Crippen molar-refractivity contribution < 1.29 is 4.74 Å². The summed E-state index contributed by atoms with van der Waals surface area (Å²) < 4.78 is 6.93. The number of benzene rings is 2. The quantitative estimate of drug-likeness (QED) is 0.626. The maximum atomic E-state index is 5.79. The molecule has 1 N–H and O–H groups in total. The fraction of sp³-hybridized carbons (Fsp3) is 0. The van der Waals surface area contributed by atoms with Gasteiger partial charge in [-0.1, -0.05) is 0 Å². The molecular weight excluding hydrogens is 253 g/mol. The molecule has 0 saturated carbocycles. The van der Waals surface area contributed by atoms with E-state index in [-0.39, 0.29) is 0 Å². The van der Waals surface area contributed by atoms with Crippen LogP contribution < -0.4 is 14.5 Å². The van der Waals surface area contributed by atoms with Crippen LogP contribution in [-0.4, -0.2) is 16.0 Å². The number of para-hydroxylation sites is 2. The third kappa shape index (κ3) is 1.50. The van der Waals surface area contributed by atoms with Gasteiger partial charge in [0.25, 0.3) is 0 Å². The molecule has 0 unspecified atom stereocenters. The van der Waals surface area contributed by atoms with E-state index in [4.69, 9.17) is 4.74 Å². The number of hydrogen-bond donors (Lipinski definition) is 1. The van der Waals surface area contributed by atoms with Gasteiger partial charge < -0.3 is 0 Å². The summed E-state index contributed by atoms with van der Waals surface area (Å²) in [6.07, 6.45) is 0. The second-order valence-corrected chi connectivity index (χ2v) is 4.49. The van der Waals surface area contributed by atoms with Crippen molar-refractivity contribution in [2.45, 2.75) is 0 Å². The zero-order valence-corrected chi connectivity index (χ0v) is 9.77. The first kappa shape index (κ1) is 8.83. The van der Waals surface area contributed by atoms with Crippen molar-refractivity contribution in [1.82, 2.24) is 0 Å². The van der Waals surface area contributed by atoms with Crippen LogP contribution in [0.1, 0.15) is 0 Å². The molecule has 15 heavy (non-hydrogen) atoms. The monoisotopic (exact) mass is 263 g/mol. The van der Waals surface area contributed by atoms with Crippen molar-refractivity contribution in [3.63, 3.8) is 0 Å². The average molecular weight is 262 g/mol. The second kappa shape index (κ2) is 3.30. The molecule has 0 fully saturated rings. The van der Waals surface area contributed by atoms with E-state index in [0.717, 1.165) is 27.3 Å². The van der Waals surface area contributed by atoms with E-state index in [2.05, 4.69) is 21.3 Å². The minimum atomic E-state index is 0.878. The molecule has 0 spiro atoms. The van der Waals surface area contributed by atoms with Crippen LogP contribution in [0.4, 0.5) is 11.4 Å². The van der Waals surface area contributed by atoms with Crippen molar-refractivity contribution in [2.75, 3.05) is 5.32 Å². The summed E-state index contributed by atoms with van der Waals surface area (Å²) in [4.78, 5) is 0. The first-order valence-corrected chi connectivity index (χ1v) is 5.64. The van der Waals surface area contributed by atoms with E-state index in [1.165, 1.54) is 0 Å². The number of rotatable bonds is 0. The van der Waals surface area contributed by atoms with E-state index in [1.807, 2.05) is 42.5 Å². The molecule has 1 heterocycles. The van der Waals surface area contributed by atoms with Crippen LogP contribution in [0.5, 0.6) is 11.5 Å². The van der Waals surface area contributed by atoms with E-state index in [9.17, 15) is 0 Å². The van der Waals surface area contributed by atoms with Crippen molar-refractivity contribution in [3.05, 3.63) is 42.5 Å². The summed E-state index contributed by atoms with van der Waals surface area (Å²) >= 11 is 2.51. The Labute approximate surface area is 96.1 Å². The zero-order valence-electron chi connectivity index (χ0n) is 7.90. The summed E-state index contributed by atoms with van der Waals surface area (Å²) in [5, 5.41) is 3.34. The van der Waals surface area contributed by atoms with Crippen LogP contribution in [-0.2, 0) is 0 Å². The molecule has 3 heteroatoms. The maximum absolute atomic E-state index is 5.79. The van der Waals surface area contributed by atoms with E-state index >= 15 is 0 Å². The molecule has 3 rings (SSSR count). The van der Waals surface area contributed by atoms with Crippen molar-refractivity contribution in [1.29, 1.82) is 0 Å². The Morgan fingerprint density at radius 1 is 0.933 bits per heavy atom. The summed E-state index contributed by atoms with van der Waals surface area (Å²) in [5.74, 6) is 1.76. The Hall–Kier alpha value is -1.44. The number of hydrogen-bond acceptors (Lipinski definition) is 2. The van der Waals surface area contributed by atoms with E-state index < -0.39 is 0 Å². The van der Waals surface area contributed by atoms with Gasteiger partial charge in [0.15, 0.2) is 0 Å². The molecule has 0 amide bonds. The van der Waals surface area contributed by atoms with Crippen molar-refractivity contribution in [3.8, 4) is 11.5 Å². The third-order valence-electron chi connectivity index (χ3n) is 2.34. The Balaban J connectivity index is 2.11. The van der Waals surface area contributed by atoms with Gasteiger partial charge in [-0.15, -0.1) is 0 Å². The van der Waals surface area contributed by atoms with Crippen LogP contribution in [0.15, 0.2) is 42.5 Å². The van der Waals surface area contributed by atoms with Crippen LogP contribution in [0.25, 0.3) is 0 Å². The molecule has 1 aliphatic heterocycles. The van der Waals surface area contributed by atoms with Gasteiger partial charge in [0.05, 0.1) is 0 Å². The van der Waals surface area contributed by atoms with Gasteiger partial charge in [-0.25, -0.2) is 0 Å². The second-order valence-electron chi connectivity index (χ2n) is 3.40. The summed E-state index contributed by atoms with van der Waals surface area (Å²) in [6.45, 7) is 0. The standard InChI is InChI=1S/C12H9NOSe/c15-8-5-6-10-12(7-8)14-11-4-2-1-3-9(11)13-10/h1-7,13,15H. The summed E-state index contributed by atoms with van der Waals surface area (Å²) in [6, 6.07) is 14.0. The van der Waals surface area contributed by atoms with Crippen molar-refractivity contribution in [2.24, 2.45) is 0 Å². The number of nitrogens with one attached hydrogen (secondary N) is 1. The molecule has 0 atom stereocenters. The fourth-order valence-corrected chi connectivity index (χ4v) is 2.02. The Bertz CT molecular complexity index is 525. The average Bonchev–Trinajstić information content (AvgIpc) is 2.26. The molecule has 0 saturated heterocycles. The van der Waals surface area contributed by atoms with Crippen LogP contribution in [0, 0.1) is 0 Å². The molecule has 1 aliphatic rings. The Morgan fingerprint density at radius 3 is 2.67 bits per heavy atom. The molecule has 2 aromatic rings. The molecular formula is C12H9NOSe. The zero-order chi connectivity index (χ0) is 10.3. The van der Waals surface area contributed by atoms with Gasteiger partial charge in [-0.05, 0) is 0 Å². The molecule has 0 bridgehead atoms. The van der Waals surface area contributed by atoms with Crippen LogP contribution in [0.2, 0.25) is 0 Å². The molecule has 0 radical (unpaired) electrons. The first-order valence-electron chi connectivity index (χ1n) is 4.70. The van der Waals surface area contributed by atoms with Gasteiger partial charge in [0.1, 0.15) is 0 Å². The van der Waals surface area contributed by atoms with Gasteiger partial charge in [0.2, 0.25) is 0 Å². The van der Waals surface area contributed by atoms with Crippen molar-refractivity contribution >= 4 is 31.8 Å². The summed E-state index contributed by atoms with van der Waals surface area (Å²) in [7, 11) is 0. The summed E-state index contributed by atoms with van der Waals surface area (Å²) in [5.41, 5.74) is 2.03. The molecule has 2 nitrogen and oxygen atoms in total. The number of fused-ring (bicyclic) bond motifs is 2. The molecule has 0 aliphatic carbocycles. The van der Waals surface area contributed by atoms with Gasteiger partial charge in [-0.2, -0.15) is 0 Å². The van der Waals surface area contributed by atoms with E-state index in [1.54, 1.807) is 0 Å². The number of ether oxygens (including phenoxy) is 1. The number of anilines is 2. The topological polar surface area (TPSA) is 21.3 Å². The van der Waals surface area contributed by atoms with Gasteiger partial charge >= 0.3 is 95.9 Å². The minimum absolute atomic E-state index is 0.878. The fourth-order valence-electron chi connectivity index (χ4n) is 1.62. The Morgan fingerprint density at radius 2 is 1.73 bits per heavy atom. The molecule has 0 aromatic heterocycles.